The number of benzene rings is 1. The fraction of sp³-hybridized carbons (Fsp3) is 0. The molecule has 2 aromatic rings. The van der Waals surface area contributed by atoms with Crippen molar-refractivity contribution in [2.24, 2.45) is 0 Å². The third-order valence-electron chi connectivity index (χ3n) is 2.06. The lowest BCUT2D eigenvalue weighted by molar-refractivity contribution is -0.385. The van der Waals surface area contributed by atoms with Gasteiger partial charge in [0.05, 0.1) is 4.92 Å². The number of anilines is 2. The molecule has 0 aliphatic heterocycles. The predicted molar refractivity (Wildman–Crippen MR) is 70.4 cm³/mol. The van der Waals surface area contributed by atoms with Gasteiger partial charge in [-0.1, -0.05) is 22.9 Å². The zero-order chi connectivity index (χ0) is 14.0. The monoisotopic (exact) mass is 299 g/mol. The second kappa shape index (κ2) is 5.16. The number of nitrogens with one attached hydrogen (secondary N) is 1. The highest BCUT2D eigenvalue weighted by molar-refractivity contribution is 7.19. The highest BCUT2D eigenvalue weighted by Gasteiger charge is 2.21. The van der Waals surface area contributed by atoms with Crippen LogP contribution in [0.3, 0.4) is 0 Å². The van der Waals surface area contributed by atoms with Crippen LogP contribution in [0.25, 0.3) is 0 Å². The Bertz CT molecular complexity index is 659. The normalized spacial score (nSPS) is 10.2. The Kier molecular flexibility index (Phi) is 3.58. The van der Waals surface area contributed by atoms with Gasteiger partial charge in [0.15, 0.2) is 0 Å². The van der Waals surface area contributed by atoms with E-state index in [4.69, 9.17) is 17.3 Å². The third-order valence-corrected chi connectivity index (χ3v) is 2.97. The first kappa shape index (κ1) is 13.2. The number of amides is 1. The molecule has 8 nitrogen and oxygen atoms in total. The number of nitro groups is 1. The Labute approximate surface area is 115 Å². The fourth-order valence-corrected chi connectivity index (χ4v) is 1.97. The molecule has 98 valence electrons. The summed E-state index contributed by atoms with van der Waals surface area (Å²) in [6.45, 7) is 0. The molecular formula is C9H6ClN5O3S. The Morgan fingerprint density at radius 3 is 2.79 bits per heavy atom. The summed E-state index contributed by atoms with van der Waals surface area (Å²) in [7, 11) is 0. The predicted octanol–water partition coefficient (Wildman–Crippen LogP) is 1.93. The van der Waals surface area contributed by atoms with Crippen LogP contribution in [0.15, 0.2) is 18.2 Å². The molecule has 2 rings (SSSR count). The van der Waals surface area contributed by atoms with Crippen molar-refractivity contribution in [3.63, 3.8) is 0 Å². The molecule has 0 atom stereocenters. The number of rotatable bonds is 3. The van der Waals surface area contributed by atoms with Gasteiger partial charge in [-0.25, -0.2) is 0 Å². The van der Waals surface area contributed by atoms with Gasteiger partial charge in [0.2, 0.25) is 10.3 Å². The highest BCUT2D eigenvalue weighted by Crippen LogP contribution is 2.25. The molecule has 19 heavy (non-hydrogen) atoms. The molecule has 0 spiro atoms. The van der Waals surface area contributed by atoms with Crippen molar-refractivity contribution >= 4 is 44.8 Å². The Morgan fingerprint density at radius 2 is 2.21 bits per heavy atom. The number of nitrogens with zero attached hydrogens (tertiary/aromatic N) is 3. The van der Waals surface area contributed by atoms with Gasteiger partial charge in [-0.15, -0.1) is 10.2 Å². The number of hydrogen-bond donors (Lipinski definition) is 2. The lowest BCUT2D eigenvalue weighted by Gasteiger charge is -2.02. The number of nitrogens with two attached hydrogens (primary N) is 1. The van der Waals surface area contributed by atoms with Crippen LogP contribution >= 0.6 is 22.9 Å². The van der Waals surface area contributed by atoms with Gasteiger partial charge in [-0.05, 0) is 12.1 Å². The van der Waals surface area contributed by atoms with E-state index in [9.17, 15) is 14.9 Å². The van der Waals surface area contributed by atoms with Gasteiger partial charge >= 0.3 is 0 Å². The van der Waals surface area contributed by atoms with Crippen LogP contribution < -0.4 is 11.1 Å². The van der Waals surface area contributed by atoms with Crippen molar-refractivity contribution in [3.05, 3.63) is 38.9 Å². The molecule has 0 saturated heterocycles. The Balaban J connectivity index is 2.31. The number of carbonyl (C=O) groups excluding carboxylic acids is 1. The van der Waals surface area contributed by atoms with E-state index in [2.05, 4.69) is 15.5 Å². The second-order valence-corrected chi connectivity index (χ2v) is 4.76. The molecule has 0 saturated carbocycles. The molecule has 0 aliphatic rings. The molecular weight excluding hydrogens is 294 g/mol. The van der Waals surface area contributed by atoms with E-state index < -0.39 is 10.8 Å². The van der Waals surface area contributed by atoms with Crippen molar-refractivity contribution in [2.45, 2.75) is 0 Å². The van der Waals surface area contributed by atoms with E-state index in [-0.39, 0.29) is 26.5 Å². The van der Waals surface area contributed by atoms with Gasteiger partial charge in [0, 0.05) is 11.1 Å². The lowest BCUT2D eigenvalue weighted by Crippen LogP contribution is -2.13. The summed E-state index contributed by atoms with van der Waals surface area (Å²) in [5, 5.41) is 20.8. The van der Waals surface area contributed by atoms with Crippen LogP contribution in [0.4, 0.5) is 16.0 Å². The maximum atomic E-state index is 11.9. The van der Waals surface area contributed by atoms with E-state index in [1.165, 1.54) is 12.1 Å². The molecule has 1 amide bonds. The second-order valence-electron chi connectivity index (χ2n) is 3.32. The average molecular weight is 300 g/mol. The first-order valence-electron chi connectivity index (χ1n) is 4.81. The van der Waals surface area contributed by atoms with Crippen molar-refractivity contribution in [3.8, 4) is 0 Å². The molecule has 0 fully saturated rings. The molecule has 0 radical (unpaired) electrons. The molecule has 1 aromatic carbocycles. The van der Waals surface area contributed by atoms with E-state index in [0.717, 1.165) is 17.4 Å². The van der Waals surface area contributed by atoms with Crippen LogP contribution in [0, 0.1) is 10.1 Å². The van der Waals surface area contributed by atoms with Crippen molar-refractivity contribution in [2.75, 3.05) is 11.1 Å². The molecule has 1 heterocycles. The fourth-order valence-electron chi connectivity index (χ4n) is 1.30. The first-order chi connectivity index (χ1) is 8.97. The van der Waals surface area contributed by atoms with Gasteiger partial charge < -0.3 is 5.73 Å². The summed E-state index contributed by atoms with van der Waals surface area (Å²) in [5.74, 6) is -0.681. The quantitative estimate of drug-likeness (QED) is 0.659. The van der Waals surface area contributed by atoms with Gasteiger partial charge in [-0.3, -0.25) is 20.2 Å². The van der Waals surface area contributed by atoms with E-state index >= 15 is 0 Å². The van der Waals surface area contributed by atoms with Crippen LogP contribution in [-0.2, 0) is 0 Å². The van der Waals surface area contributed by atoms with Crippen LogP contribution in [-0.4, -0.2) is 21.0 Å². The summed E-state index contributed by atoms with van der Waals surface area (Å²) in [6, 6.07) is 3.75. The maximum absolute atomic E-state index is 11.9. The topological polar surface area (TPSA) is 124 Å². The number of aromatic nitrogens is 2. The molecule has 0 unspecified atom stereocenters. The van der Waals surface area contributed by atoms with E-state index in [0.29, 0.717) is 0 Å². The van der Waals surface area contributed by atoms with Crippen molar-refractivity contribution in [1.29, 1.82) is 0 Å². The van der Waals surface area contributed by atoms with Crippen LogP contribution in [0.5, 0.6) is 0 Å². The smallest absolute Gasteiger partial charge is 0.283 e. The number of hydrogen-bond acceptors (Lipinski definition) is 7. The molecule has 10 heteroatoms. The van der Waals surface area contributed by atoms with Crippen molar-refractivity contribution < 1.29 is 9.72 Å². The largest absolute Gasteiger partial charge is 0.374 e. The summed E-state index contributed by atoms with van der Waals surface area (Å²) in [5.41, 5.74) is 4.85. The van der Waals surface area contributed by atoms with E-state index in [1.807, 2.05) is 0 Å². The number of carbonyl (C=O) groups is 1. The van der Waals surface area contributed by atoms with Crippen molar-refractivity contribution in [1.82, 2.24) is 10.2 Å². The average Bonchev–Trinajstić information content (AvgIpc) is 2.74. The summed E-state index contributed by atoms with van der Waals surface area (Å²) < 4.78 is 0. The third kappa shape index (κ3) is 2.95. The minimum Gasteiger partial charge on any atom is -0.374 e. The Morgan fingerprint density at radius 1 is 1.47 bits per heavy atom. The van der Waals surface area contributed by atoms with Gasteiger partial charge in [0.25, 0.3) is 11.6 Å². The zero-order valence-electron chi connectivity index (χ0n) is 9.16. The summed E-state index contributed by atoms with van der Waals surface area (Å²) in [6.07, 6.45) is 0. The molecule has 0 bridgehead atoms. The summed E-state index contributed by atoms with van der Waals surface area (Å²) in [4.78, 5) is 22.1. The minimum atomic E-state index is -0.685. The maximum Gasteiger partial charge on any atom is 0.283 e. The van der Waals surface area contributed by atoms with E-state index in [1.54, 1.807) is 0 Å². The lowest BCUT2D eigenvalue weighted by atomic mass is 10.1. The van der Waals surface area contributed by atoms with Crippen LogP contribution in [0.1, 0.15) is 10.4 Å². The van der Waals surface area contributed by atoms with Gasteiger partial charge in [0.1, 0.15) is 5.56 Å². The molecule has 0 aliphatic carbocycles. The number of nitro benzene ring substituents is 1. The minimum absolute atomic E-state index is 0.122. The Hall–Kier alpha value is -2.26. The molecule has 1 aromatic heterocycles. The highest BCUT2D eigenvalue weighted by atomic mass is 35.5. The first-order valence-corrected chi connectivity index (χ1v) is 6.01. The van der Waals surface area contributed by atoms with Crippen LogP contribution in [0.2, 0.25) is 5.02 Å². The summed E-state index contributed by atoms with van der Waals surface area (Å²) >= 11 is 6.61. The van der Waals surface area contributed by atoms with Gasteiger partial charge in [-0.2, -0.15) is 0 Å². The number of nitrogen functional groups attached to an aromatic ring is 1. The zero-order valence-corrected chi connectivity index (χ0v) is 10.7. The standard InChI is InChI=1S/C9H6ClN5O3S/c10-4-1-2-5(6(3-4)15(17)18)7(16)12-9-14-13-8(11)19-9/h1-3H,(H2,11,13)(H,12,14,16). The number of halogens is 1. The SMILES string of the molecule is Nc1nnc(NC(=O)c2ccc(Cl)cc2[N+](=O)[O-])s1. The molecule has 3 N–H and O–H groups in total.